The van der Waals surface area contributed by atoms with Crippen LogP contribution in [0.25, 0.3) is 0 Å². The molecule has 25 heavy (non-hydrogen) atoms. The van der Waals surface area contributed by atoms with Crippen LogP contribution < -0.4 is 5.32 Å². The molecule has 6 heteroatoms. The molecule has 0 aromatic heterocycles. The van der Waals surface area contributed by atoms with E-state index in [0.717, 1.165) is 51.9 Å². The second-order valence-corrected chi connectivity index (χ2v) is 7.01. The molecule has 2 saturated heterocycles. The van der Waals surface area contributed by atoms with Gasteiger partial charge in [0.1, 0.15) is 5.82 Å². The van der Waals surface area contributed by atoms with Gasteiger partial charge in [-0.2, -0.15) is 0 Å². The first-order valence-corrected chi connectivity index (χ1v) is 9.14. The summed E-state index contributed by atoms with van der Waals surface area (Å²) in [5.41, 5.74) is 0.595. The predicted octanol–water partition coefficient (Wildman–Crippen LogP) is 2.49. The van der Waals surface area contributed by atoms with E-state index in [2.05, 4.69) is 10.2 Å². The maximum Gasteiger partial charge on any atom is 0.241 e. The van der Waals surface area contributed by atoms with E-state index in [-0.39, 0.29) is 23.7 Å². The minimum Gasteiger partial charge on any atom is -0.342 e. The van der Waals surface area contributed by atoms with Gasteiger partial charge < -0.3 is 10.2 Å². The van der Waals surface area contributed by atoms with Gasteiger partial charge in [0.2, 0.25) is 11.8 Å². The largest absolute Gasteiger partial charge is 0.342 e. The molecule has 136 valence electrons. The fourth-order valence-corrected chi connectivity index (χ4v) is 3.68. The monoisotopic (exact) mass is 347 g/mol. The number of benzene rings is 1. The summed E-state index contributed by atoms with van der Waals surface area (Å²) in [6, 6.07) is 5.50. The molecule has 2 aliphatic rings. The van der Waals surface area contributed by atoms with Crippen LogP contribution >= 0.6 is 0 Å². The SMILES string of the molecule is C[C@H](C(=O)Nc1ccc(F)cc1)N1CCC(C(=O)N2CCCC2)CC1. The fourth-order valence-electron chi connectivity index (χ4n) is 3.68. The number of anilines is 1. The van der Waals surface area contributed by atoms with Gasteiger partial charge in [-0.15, -0.1) is 0 Å². The Bertz CT molecular complexity index is 606. The number of hydrogen-bond donors (Lipinski definition) is 1. The lowest BCUT2D eigenvalue weighted by atomic mass is 9.94. The molecule has 1 aromatic rings. The molecule has 0 bridgehead atoms. The van der Waals surface area contributed by atoms with Crippen molar-refractivity contribution in [3.8, 4) is 0 Å². The van der Waals surface area contributed by atoms with Crippen molar-refractivity contribution < 1.29 is 14.0 Å². The summed E-state index contributed by atoms with van der Waals surface area (Å²) in [5, 5.41) is 2.82. The summed E-state index contributed by atoms with van der Waals surface area (Å²) in [5.74, 6) is -0.0333. The molecule has 0 saturated carbocycles. The van der Waals surface area contributed by atoms with Crippen LogP contribution in [-0.2, 0) is 9.59 Å². The molecule has 1 atom stereocenters. The van der Waals surface area contributed by atoms with Crippen molar-refractivity contribution in [3.05, 3.63) is 30.1 Å². The Morgan fingerprint density at radius 3 is 2.28 bits per heavy atom. The van der Waals surface area contributed by atoms with E-state index < -0.39 is 0 Å². The van der Waals surface area contributed by atoms with Gasteiger partial charge in [-0.25, -0.2) is 4.39 Å². The van der Waals surface area contributed by atoms with Crippen LogP contribution in [0.4, 0.5) is 10.1 Å². The minimum absolute atomic E-state index is 0.0988. The third-order valence-corrected chi connectivity index (χ3v) is 5.34. The standard InChI is InChI=1S/C19H26FN3O2/c1-14(18(24)21-17-6-4-16(20)5-7-17)22-12-8-15(9-13-22)19(25)23-10-2-3-11-23/h4-7,14-15H,2-3,8-13H2,1H3,(H,21,24)/t14-/m1/s1. The van der Waals surface area contributed by atoms with Gasteiger partial charge in [0.05, 0.1) is 6.04 Å². The second kappa shape index (κ2) is 7.95. The number of piperidine rings is 1. The average Bonchev–Trinajstić information content (AvgIpc) is 3.17. The van der Waals surface area contributed by atoms with Crippen molar-refractivity contribution in [2.24, 2.45) is 5.92 Å². The normalized spacial score (nSPS) is 20.5. The Labute approximate surface area is 148 Å². The van der Waals surface area contributed by atoms with Gasteiger partial charge in [-0.3, -0.25) is 14.5 Å². The average molecular weight is 347 g/mol. The molecule has 3 rings (SSSR count). The Morgan fingerprint density at radius 2 is 1.68 bits per heavy atom. The number of hydrogen-bond acceptors (Lipinski definition) is 3. The molecular formula is C19H26FN3O2. The highest BCUT2D eigenvalue weighted by Crippen LogP contribution is 2.23. The predicted molar refractivity (Wildman–Crippen MR) is 94.6 cm³/mol. The van der Waals surface area contributed by atoms with Crippen molar-refractivity contribution >= 4 is 17.5 Å². The van der Waals surface area contributed by atoms with Crippen LogP contribution in [0.15, 0.2) is 24.3 Å². The van der Waals surface area contributed by atoms with Crippen LogP contribution in [0, 0.1) is 11.7 Å². The van der Waals surface area contributed by atoms with E-state index in [9.17, 15) is 14.0 Å². The van der Waals surface area contributed by atoms with Gasteiger partial charge in [-0.1, -0.05) is 0 Å². The topological polar surface area (TPSA) is 52.7 Å². The summed E-state index contributed by atoms with van der Waals surface area (Å²) in [4.78, 5) is 29.0. The summed E-state index contributed by atoms with van der Waals surface area (Å²) in [6.07, 6.45) is 3.85. The number of rotatable bonds is 4. The highest BCUT2D eigenvalue weighted by Gasteiger charge is 2.32. The van der Waals surface area contributed by atoms with Gasteiger partial charge in [-0.05, 0) is 70.0 Å². The van der Waals surface area contributed by atoms with Crippen LogP contribution in [0.5, 0.6) is 0 Å². The molecule has 1 aromatic carbocycles. The number of halogens is 1. The van der Waals surface area contributed by atoms with Crippen molar-refractivity contribution in [1.29, 1.82) is 0 Å². The summed E-state index contributed by atoms with van der Waals surface area (Å²) < 4.78 is 12.9. The summed E-state index contributed by atoms with van der Waals surface area (Å²) in [6.45, 7) is 5.18. The highest BCUT2D eigenvalue weighted by molar-refractivity contribution is 5.94. The molecule has 2 aliphatic heterocycles. The Balaban J connectivity index is 1.48. The second-order valence-electron chi connectivity index (χ2n) is 7.01. The van der Waals surface area contributed by atoms with E-state index in [1.807, 2.05) is 11.8 Å². The van der Waals surface area contributed by atoms with Gasteiger partial charge in [0, 0.05) is 24.7 Å². The number of carbonyl (C=O) groups is 2. The first-order valence-electron chi connectivity index (χ1n) is 9.14. The zero-order valence-electron chi connectivity index (χ0n) is 14.7. The minimum atomic E-state index is -0.323. The van der Waals surface area contributed by atoms with Crippen LogP contribution in [-0.4, -0.2) is 53.8 Å². The van der Waals surface area contributed by atoms with Crippen LogP contribution in [0.3, 0.4) is 0 Å². The molecule has 0 unspecified atom stereocenters. The van der Waals surface area contributed by atoms with E-state index in [4.69, 9.17) is 0 Å². The third kappa shape index (κ3) is 4.37. The number of nitrogens with one attached hydrogen (secondary N) is 1. The van der Waals surface area contributed by atoms with Crippen molar-refractivity contribution in [3.63, 3.8) is 0 Å². The smallest absolute Gasteiger partial charge is 0.241 e. The number of amides is 2. The van der Waals surface area contributed by atoms with Crippen molar-refractivity contribution in [1.82, 2.24) is 9.80 Å². The van der Waals surface area contributed by atoms with Crippen molar-refractivity contribution in [2.45, 2.75) is 38.6 Å². The molecule has 2 fully saturated rings. The van der Waals surface area contributed by atoms with Crippen LogP contribution in [0.1, 0.15) is 32.6 Å². The molecule has 2 heterocycles. The van der Waals surface area contributed by atoms with E-state index in [1.54, 1.807) is 12.1 Å². The highest BCUT2D eigenvalue weighted by atomic mass is 19.1. The Morgan fingerprint density at radius 1 is 1.08 bits per heavy atom. The molecular weight excluding hydrogens is 321 g/mol. The number of nitrogens with zero attached hydrogens (tertiary/aromatic N) is 2. The molecule has 1 N–H and O–H groups in total. The lowest BCUT2D eigenvalue weighted by molar-refractivity contribution is -0.136. The maximum atomic E-state index is 12.9. The number of likely N-dealkylation sites (tertiary alicyclic amines) is 2. The summed E-state index contributed by atoms with van der Waals surface area (Å²) in [7, 11) is 0. The molecule has 0 radical (unpaired) electrons. The molecule has 2 amide bonds. The zero-order valence-corrected chi connectivity index (χ0v) is 14.7. The van der Waals surface area contributed by atoms with Gasteiger partial charge in [0.15, 0.2) is 0 Å². The lowest BCUT2D eigenvalue weighted by Crippen LogP contribution is -2.48. The molecule has 5 nitrogen and oxygen atoms in total. The lowest BCUT2D eigenvalue weighted by Gasteiger charge is -2.36. The van der Waals surface area contributed by atoms with Crippen LogP contribution in [0.2, 0.25) is 0 Å². The first kappa shape index (κ1) is 17.9. The Hall–Kier alpha value is -1.95. The fraction of sp³-hybridized carbons (Fsp3) is 0.579. The first-order chi connectivity index (χ1) is 12.0. The molecule has 0 spiro atoms. The summed E-state index contributed by atoms with van der Waals surface area (Å²) >= 11 is 0. The zero-order chi connectivity index (χ0) is 17.8. The van der Waals surface area contributed by atoms with E-state index in [1.165, 1.54) is 12.1 Å². The van der Waals surface area contributed by atoms with Crippen molar-refractivity contribution in [2.75, 3.05) is 31.5 Å². The number of carbonyl (C=O) groups excluding carboxylic acids is 2. The third-order valence-electron chi connectivity index (χ3n) is 5.34. The molecule has 0 aliphatic carbocycles. The maximum absolute atomic E-state index is 12.9. The van der Waals surface area contributed by atoms with Gasteiger partial charge >= 0.3 is 0 Å². The van der Waals surface area contributed by atoms with Gasteiger partial charge in [0.25, 0.3) is 0 Å². The quantitative estimate of drug-likeness (QED) is 0.910. The Kier molecular flexibility index (Phi) is 5.68. The van der Waals surface area contributed by atoms with E-state index >= 15 is 0 Å². The van der Waals surface area contributed by atoms with E-state index in [0.29, 0.717) is 11.6 Å².